The summed E-state index contributed by atoms with van der Waals surface area (Å²) in [5.74, 6) is 1.71. The Balaban J connectivity index is 0.00000146. The van der Waals surface area contributed by atoms with Gasteiger partial charge in [0.2, 0.25) is 0 Å². The van der Waals surface area contributed by atoms with Crippen LogP contribution in [0.1, 0.15) is 31.1 Å². The number of esters is 1. The molecule has 2 aromatic carbocycles. The van der Waals surface area contributed by atoms with Crippen molar-refractivity contribution in [2.75, 3.05) is 12.9 Å². The highest BCUT2D eigenvalue weighted by molar-refractivity contribution is 9.08. The number of ether oxygens (including phenoxy) is 2. The summed E-state index contributed by atoms with van der Waals surface area (Å²) in [6.07, 6.45) is -1.30. The van der Waals surface area contributed by atoms with E-state index in [1.165, 1.54) is 7.11 Å². The van der Waals surface area contributed by atoms with Crippen molar-refractivity contribution in [1.29, 1.82) is 0 Å². The predicted octanol–water partition coefficient (Wildman–Crippen LogP) is 5.82. The normalized spacial score (nSPS) is 10.5. The van der Waals surface area contributed by atoms with Gasteiger partial charge < -0.3 is 14.6 Å². The van der Waals surface area contributed by atoms with E-state index in [0.717, 1.165) is 5.56 Å². The Morgan fingerprint density at radius 2 is 1.65 bits per heavy atom. The van der Waals surface area contributed by atoms with Gasteiger partial charge in [0, 0.05) is 0 Å². The molecule has 0 aliphatic rings. The predicted molar refractivity (Wildman–Crippen MR) is 110 cm³/mol. The number of halogens is 3. The van der Waals surface area contributed by atoms with Crippen LogP contribution in [0.5, 0.6) is 5.75 Å². The Morgan fingerprint density at radius 3 is 2.15 bits per heavy atom. The van der Waals surface area contributed by atoms with Crippen molar-refractivity contribution in [3.05, 3.63) is 63.6 Å². The van der Waals surface area contributed by atoms with Gasteiger partial charge in [0.05, 0.1) is 17.2 Å². The van der Waals surface area contributed by atoms with Crippen molar-refractivity contribution in [2.45, 2.75) is 26.6 Å². The zero-order valence-corrected chi connectivity index (χ0v) is 18.2. The van der Waals surface area contributed by atoms with Gasteiger partial charge in [-0.2, -0.15) is 0 Å². The van der Waals surface area contributed by atoms with Gasteiger partial charge in [-0.15, -0.1) is 0 Å². The molecule has 26 heavy (non-hydrogen) atoms. The minimum atomic E-state index is -1.30. The zero-order chi connectivity index (χ0) is 20.1. The Morgan fingerprint density at radius 1 is 1.08 bits per heavy atom. The number of aliphatic hydroxyl groups is 1. The molecule has 0 amide bonds. The molecule has 1 unspecified atom stereocenters. The van der Waals surface area contributed by atoms with Gasteiger partial charge in [0.25, 0.3) is 0 Å². The maximum Gasteiger partial charge on any atom is 0.339 e. The second-order valence-electron chi connectivity index (χ2n) is 4.53. The third-order valence-corrected chi connectivity index (χ3v) is 3.75. The lowest BCUT2D eigenvalue weighted by molar-refractivity contribution is -0.150. The van der Waals surface area contributed by atoms with Crippen LogP contribution in [0, 0.1) is 0 Å². The fraction of sp³-hybridized carbons (Fsp3) is 0.316. The Kier molecular flexibility index (Phi) is 13.2. The summed E-state index contributed by atoms with van der Waals surface area (Å²) in [5, 5.41) is 10.7. The van der Waals surface area contributed by atoms with Crippen LogP contribution in [0.4, 0.5) is 0 Å². The molecule has 0 aliphatic heterocycles. The van der Waals surface area contributed by atoms with E-state index in [4.69, 9.17) is 27.9 Å². The first-order valence-corrected chi connectivity index (χ1v) is 10.2. The summed E-state index contributed by atoms with van der Waals surface area (Å²) < 4.78 is 10.1. The van der Waals surface area contributed by atoms with Gasteiger partial charge in [0.15, 0.2) is 6.10 Å². The molecular weight excluding hydrogens is 443 g/mol. The first kappa shape index (κ1) is 24.7. The number of methoxy groups -OCH3 is 1. The van der Waals surface area contributed by atoms with Crippen LogP contribution in [-0.4, -0.2) is 24.0 Å². The maximum atomic E-state index is 11.2. The third-order valence-electron chi connectivity index (χ3n) is 3.01. The standard InChI is InChI=1S/C16H14Cl2O4.C2H6.CH3Br/c1-21-16(20)15(19)11-3-5-12(6-4-11)22-9-10-2-7-13(17)14(18)8-10;2*1-2/h2-8,15,19H,9H2,1H3;1-2H3;1H3. The molecule has 2 aromatic rings. The third kappa shape index (κ3) is 7.96. The van der Waals surface area contributed by atoms with Crippen LogP contribution in [0.15, 0.2) is 42.5 Å². The molecular formula is C19H23BrCl2O4. The Hall–Kier alpha value is -1.27. The summed E-state index contributed by atoms with van der Waals surface area (Å²) in [7, 11) is 1.22. The van der Waals surface area contributed by atoms with E-state index in [1.807, 2.05) is 25.7 Å². The lowest BCUT2D eigenvalue weighted by Crippen LogP contribution is -2.13. The van der Waals surface area contributed by atoms with Gasteiger partial charge in [-0.3, -0.25) is 0 Å². The molecule has 0 spiro atoms. The van der Waals surface area contributed by atoms with Crippen molar-refractivity contribution in [2.24, 2.45) is 0 Å². The summed E-state index contributed by atoms with van der Waals surface area (Å²) in [6.45, 7) is 4.33. The minimum Gasteiger partial charge on any atom is -0.489 e. The molecule has 1 atom stereocenters. The van der Waals surface area contributed by atoms with Crippen LogP contribution < -0.4 is 4.74 Å². The SMILES string of the molecule is CBr.CC.COC(=O)C(O)c1ccc(OCc2ccc(Cl)c(Cl)c2)cc1. The number of benzene rings is 2. The fourth-order valence-corrected chi connectivity index (χ4v) is 2.11. The first-order valence-electron chi connectivity index (χ1n) is 7.81. The van der Waals surface area contributed by atoms with Gasteiger partial charge in [-0.25, -0.2) is 4.79 Å². The highest BCUT2D eigenvalue weighted by Crippen LogP contribution is 2.24. The number of aliphatic hydroxyl groups excluding tert-OH is 1. The molecule has 0 aromatic heterocycles. The zero-order valence-electron chi connectivity index (χ0n) is 15.1. The van der Waals surface area contributed by atoms with E-state index in [1.54, 1.807) is 36.4 Å². The van der Waals surface area contributed by atoms with Crippen molar-refractivity contribution in [3.8, 4) is 5.75 Å². The lowest BCUT2D eigenvalue weighted by atomic mass is 10.1. The van der Waals surface area contributed by atoms with Crippen LogP contribution >= 0.6 is 39.1 Å². The highest BCUT2D eigenvalue weighted by atomic mass is 79.9. The summed E-state index contributed by atoms with van der Waals surface area (Å²) in [5.41, 5.74) is 1.32. The molecule has 4 nitrogen and oxygen atoms in total. The van der Waals surface area contributed by atoms with Crippen LogP contribution in [0.2, 0.25) is 10.0 Å². The van der Waals surface area contributed by atoms with Crippen molar-refractivity contribution in [3.63, 3.8) is 0 Å². The fourth-order valence-electron chi connectivity index (χ4n) is 1.79. The molecule has 0 aliphatic carbocycles. The molecule has 2 rings (SSSR count). The lowest BCUT2D eigenvalue weighted by Gasteiger charge is -2.10. The first-order chi connectivity index (χ1) is 12.5. The van der Waals surface area contributed by atoms with Crippen molar-refractivity contribution < 1.29 is 19.4 Å². The quantitative estimate of drug-likeness (QED) is 0.446. The second kappa shape index (κ2) is 13.9. The smallest absolute Gasteiger partial charge is 0.339 e. The van der Waals surface area contributed by atoms with Crippen molar-refractivity contribution >= 4 is 45.1 Å². The van der Waals surface area contributed by atoms with E-state index >= 15 is 0 Å². The van der Waals surface area contributed by atoms with E-state index in [0.29, 0.717) is 28.0 Å². The number of carbonyl (C=O) groups excluding carboxylic acids is 1. The number of hydrogen-bond acceptors (Lipinski definition) is 4. The van der Waals surface area contributed by atoms with E-state index in [-0.39, 0.29) is 0 Å². The Bertz CT molecular complexity index is 663. The van der Waals surface area contributed by atoms with Gasteiger partial charge >= 0.3 is 5.97 Å². The molecule has 1 N–H and O–H groups in total. The topological polar surface area (TPSA) is 55.8 Å². The molecule has 0 saturated heterocycles. The van der Waals surface area contributed by atoms with E-state index in [2.05, 4.69) is 20.7 Å². The molecule has 0 bridgehead atoms. The monoisotopic (exact) mass is 464 g/mol. The van der Waals surface area contributed by atoms with Crippen LogP contribution in [-0.2, 0) is 16.1 Å². The van der Waals surface area contributed by atoms with Gasteiger partial charge in [-0.05, 0) is 41.2 Å². The number of carbonyl (C=O) groups is 1. The highest BCUT2D eigenvalue weighted by Gasteiger charge is 2.17. The van der Waals surface area contributed by atoms with Crippen molar-refractivity contribution in [1.82, 2.24) is 0 Å². The number of hydrogen-bond donors (Lipinski definition) is 1. The van der Waals surface area contributed by atoms with E-state index < -0.39 is 12.1 Å². The molecule has 0 saturated carbocycles. The van der Waals surface area contributed by atoms with Crippen LogP contribution in [0.25, 0.3) is 0 Å². The molecule has 0 fully saturated rings. The van der Waals surface area contributed by atoms with Gasteiger partial charge in [-0.1, -0.05) is 71.2 Å². The number of rotatable bonds is 5. The van der Waals surface area contributed by atoms with Gasteiger partial charge in [0.1, 0.15) is 12.4 Å². The minimum absolute atomic E-state index is 0.329. The second-order valence-corrected chi connectivity index (χ2v) is 5.35. The Labute approximate surface area is 173 Å². The largest absolute Gasteiger partial charge is 0.489 e. The summed E-state index contributed by atoms with van der Waals surface area (Å²) in [6, 6.07) is 11.8. The molecule has 7 heteroatoms. The maximum absolute atomic E-state index is 11.2. The summed E-state index contributed by atoms with van der Waals surface area (Å²) >= 11 is 14.7. The summed E-state index contributed by atoms with van der Waals surface area (Å²) in [4.78, 5) is 11.2. The molecule has 0 heterocycles. The average Bonchev–Trinajstić information content (AvgIpc) is 2.71. The van der Waals surface area contributed by atoms with E-state index in [9.17, 15) is 9.90 Å². The molecule has 0 radical (unpaired) electrons. The molecule has 144 valence electrons. The van der Waals surface area contributed by atoms with Crippen LogP contribution in [0.3, 0.4) is 0 Å². The average molecular weight is 466 g/mol. The number of alkyl halides is 1.